The number of azo groups is 1. The summed E-state index contributed by atoms with van der Waals surface area (Å²) in [6.07, 6.45) is 6.92. The van der Waals surface area contributed by atoms with E-state index in [1.165, 1.54) is 23.3 Å². The zero-order valence-corrected chi connectivity index (χ0v) is 15.9. The van der Waals surface area contributed by atoms with E-state index in [0.29, 0.717) is 17.7 Å². The zero-order valence-electron chi connectivity index (χ0n) is 15.2. The van der Waals surface area contributed by atoms with Crippen molar-refractivity contribution in [2.45, 2.75) is 26.6 Å². The highest BCUT2D eigenvalue weighted by molar-refractivity contribution is 5.84. The highest BCUT2D eigenvalue weighted by Gasteiger charge is 2.13. The molecule has 10 nitrogen and oxygen atoms in total. The predicted molar refractivity (Wildman–Crippen MR) is 92.1 cm³/mol. The standard InChI is InChI=1S/C16H24N7O3.ClH/c1-13(2)16(19-17-11-15(25)22-7-8-23(26)12-22)20-18-14-3-5-21(6-4-14)9-10-24;/h3-8,12-13,15,24-26H,9-11H2,1-2H3;1H/q+1;/p-1. The Balaban J connectivity index is 0.00000364. The fourth-order valence-corrected chi connectivity index (χ4v) is 1.96. The molecule has 0 aliphatic carbocycles. The Hall–Kier alpha value is -2.56. The number of aliphatic hydroxyl groups excluding tert-OH is 2. The number of amidine groups is 1. The van der Waals surface area contributed by atoms with Crippen molar-refractivity contribution in [1.82, 2.24) is 9.30 Å². The van der Waals surface area contributed by atoms with Crippen LogP contribution in [0.5, 0.6) is 0 Å². The summed E-state index contributed by atoms with van der Waals surface area (Å²) in [4.78, 5) is 0. The van der Waals surface area contributed by atoms with Crippen LogP contribution in [0.25, 0.3) is 0 Å². The van der Waals surface area contributed by atoms with E-state index < -0.39 is 6.23 Å². The van der Waals surface area contributed by atoms with E-state index in [1.807, 2.05) is 30.8 Å². The van der Waals surface area contributed by atoms with E-state index in [2.05, 4.69) is 20.4 Å². The van der Waals surface area contributed by atoms with Crippen molar-refractivity contribution in [3.8, 4) is 0 Å². The molecule has 0 aromatic carbocycles. The number of aliphatic hydroxyl groups is 2. The molecule has 2 aromatic heterocycles. The molecule has 148 valence electrons. The largest absolute Gasteiger partial charge is 1.00 e. The number of pyridine rings is 1. The third kappa shape index (κ3) is 7.29. The SMILES string of the molecule is CC(C)C(N=NCC(O)[n+]1ccn(O)c1)=NN=c1ccn(CCO)cc1.[Cl-]. The van der Waals surface area contributed by atoms with Gasteiger partial charge in [-0.1, -0.05) is 18.6 Å². The molecule has 1 atom stereocenters. The van der Waals surface area contributed by atoms with Crippen LogP contribution < -0.4 is 22.3 Å². The Morgan fingerprint density at radius 1 is 1.22 bits per heavy atom. The summed E-state index contributed by atoms with van der Waals surface area (Å²) in [6.45, 7) is 4.46. The Bertz CT molecular complexity index is 809. The van der Waals surface area contributed by atoms with Crippen LogP contribution in [0.4, 0.5) is 0 Å². The molecule has 2 heterocycles. The monoisotopic (exact) mass is 397 g/mol. The van der Waals surface area contributed by atoms with E-state index in [4.69, 9.17) is 5.11 Å². The second kappa shape index (κ2) is 11.2. The van der Waals surface area contributed by atoms with Gasteiger partial charge in [-0.15, -0.1) is 15.3 Å². The molecule has 0 aliphatic rings. The van der Waals surface area contributed by atoms with Gasteiger partial charge in [0.05, 0.1) is 12.0 Å². The third-order valence-electron chi connectivity index (χ3n) is 3.42. The van der Waals surface area contributed by atoms with Crippen LogP contribution in [0.15, 0.2) is 63.7 Å². The normalized spacial score (nSPS) is 13.0. The van der Waals surface area contributed by atoms with Crippen molar-refractivity contribution >= 4 is 5.84 Å². The van der Waals surface area contributed by atoms with Crippen LogP contribution >= 0.6 is 0 Å². The number of hydrogen-bond donors (Lipinski definition) is 3. The van der Waals surface area contributed by atoms with E-state index >= 15 is 0 Å². The van der Waals surface area contributed by atoms with Gasteiger partial charge in [0, 0.05) is 24.9 Å². The van der Waals surface area contributed by atoms with Gasteiger partial charge in [-0.25, -0.2) is 4.57 Å². The molecule has 1 unspecified atom stereocenters. The fourth-order valence-electron chi connectivity index (χ4n) is 1.96. The van der Waals surface area contributed by atoms with Gasteiger partial charge in [0.15, 0.2) is 12.0 Å². The highest BCUT2D eigenvalue weighted by atomic mass is 35.5. The average molecular weight is 398 g/mol. The lowest BCUT2D eigenvalue weighted by Crippen LogP contribution is -3.00. The van der Waals surface area contributed by atoms with Crippen molar-refractivity contribution < 1.29 is 32.4 Å². The Morgan fingerprint density at radius 2 is 1.93 bits per heavy atom. The third-order valence-corrected chi connectivity index (χ3v) is 3.42. The summed E-state index contributed by atoms with van der Waals surface area (Å²) < 4.78 is 4.08. The quantitative estimate of drug-likeness (QED) is 0.118. The lowest BCUT2D eigenvalue weighted by Gasteiger charge is -2.04. The molecule has 0 fully saturated rings. The minimum absolute atomic E-state index is 0. The van der Waals surface area contributed by atoms with Crippen LogP contribution in [0.2, 0.25) is 0 Å². The van der Waals surface area contributed by atoms with Crippen molar-refractivity contribution in [1.29, 1.82) is 0 Å². The first-order chi connectivity index (χ1) is 12.5. The molecule has 0 bridgehead atoms. The minimum Gasteiger partial charge on any atom is -1.00 e. The number of halogens is 1. The molecule has 0 saturated heterocycles. The molecular formula is C16H24ClN7O3. The fraction of sp³-hybridized carbons (Fsp3) is 0.438. The predicted octanol–water partition coefficient (Wildman–Crippen LogP) is -2.68. The number of imidazole rings is 1. The molecule has 0 radical (unpaired) electrons. The van der Waals surface area contributed by atoms with E-state index in [9.17, 15) is 10.3 Å². The summed E-state index contributed by atoms with van der Waals surface area (Å²) in [5.41, 5.74) is 0. The van der Waals surface area contributed by atoms with Crippen molar-refractivity contribution in [2.24, 2.45) is 26.3 Å². The van der Waals surface area contributed by atoms with Crippen LogP contribution in [0.1, 0.15) is 20.1 Å². The molecule has 11 heteroatoms. The van der Waals surface area contributed by atoms with E-state index in [1.54, 1.807) is 12.1 Å². The first-order valence-electron chi connectivity index (χ1n) is 8.21. The maximum absolute atomic E-state index is 9.96. The smallest absolute Gasteiger partial charge is 0.286 e. The van der Waals surface area contributed by atoms with Gasteiger partial charge in [0.2, 0.25) is 6.23 Å². The van der Waals surface area contributed by atoms with Gasteiger partial charge in [0.1, 0.15) is 12.7 Å². The van der Waals surface area contributed by atoms with Gasteiger partial charge in [-0.05, 0) is 12.1 Å². The molecule has 3 N–H and O–H groups in total. The van der Waals surface area contributed by atoms with Crippen LogP contribution in [-0.4, -0.2) is 43.7 Å². The average Bonchev–Trinajstić information content (AvgIpc) is 3.05. The molecule has 0 amide bonds. The summed E-state index contributed by atoms with van der Waals surface area (Å²) in [5, 5.41) is 45.0. The molecule has 27 heavy (non-hydrogen) atoms. The van der Waals surface area contributed by atoms with Gasteiger partial charge in [0.25, 0.3) is 6.33 Å². The Labute approximate surface area is 162 Å². The van der Waals surface area contributed by atoms with Gasteiger partial charge < -0.3 is 32.4 Å². The highest BCUT2D eigenvalue weighted by Crippen LogP contribution is 2.01. The minimum atomic E-state index is -0.936. The van der Waals surface area contributed by atoms with Crippen molar-refractivity contribution in [2.75, 3.05) is 13.2 Å². The van der Waals surface area contributed by atoms with Gasteiger partial charge >= 0.3 is 0 Å². The summed E-state index contributed by atoms with van der Waals surface area (Å²) in [5.74, 6) is 0.447. The summed E-state index contributed by atoms with van der Waals surface area (Å²) in [7, 11) is 0. The molecule has 0 spiro atoms. The molecular weight excluding hydrogens is 374 g/mol. The number of aromatic nitrogens is 3. The maximum atomic E-state index is 9.96. The second-order valence-corrected chi connectivity index (χ2v) is 5.88. The van der Waals surface area contributed by atoms with Crippen LogP contribution in [0, 0.1) is 5.92 Å². The lowest BCUT2D eigenvalue weighted by atomic mass is 10.2. The molecule has 0 saturated carbocycles. The van der Waals surface area contributed by atoms with E-state index in [0.717, 1.165) is 4.73 Å². The zero-order chi connectivity index (χ0) is 18.9. The molecule has 2 rings (SSSR count). The second-order valence-electron chi connectivity index (χ2n) is 5.88. The maximum Gasteiger partial charge on any atom is 0.286 e. The first-order valence-corrected chi connectivity index (χ1v) is 8.21. The summed E-state index contributed by atoms with van der Waals surface area (Å²) >= 11 is 0. The van der Waals surface area contributed by atoms with Crippen LogP contribution in [-0.2, 0) is 6.54 Å². The summed E-state index contributed by atoms with van der Waals surface area (Å²) in [6, 6.07) is 3.57. The molecule has 2 aromatic rings. The Morgan fingerprint density at radius 3 is 2.48 bits per heavy atom. The Kier molecular flexibility index (Phi) is 9.34. The van der Waals surface area contributed by atoms with Gasteiger partial charge in [-0.2, -0.15) is 5.11 Å². The number of nitrogens with zero attached hydrogens (tertiary/aromatic N) is 7. The first kappa shape index (κ1) is 22.5. The van der Waals surface area contributed by atoms with Crippen LogP contribution in [0.3, 0.4) is 0 Å². The lowest BCUT2D eigenvalue weighted by molar-refractivity contribution is -0.757. The molecule has 0 aliphatic heterocycles. The topological polar surface area (TPSA) is 124 Å². The van der Waals surface area contributed by atoms with Crippen molar-refractivity contribution in [3.05, 3.63) is 48.6 Å². The number of hydrogen-bond acceptors (Lipinski definition) is 6. The number of rotatable bonds is 7. The van der Waals surface area contributed by atoms with Crippen molar-refractivity contribution in [3.63, 3.8) is 0 Å². The van der Waals surface area contributed by atoms with E-state index in [-0.39, 0.29) is 31.5 Å². The van der Waals surface area contributed by atoms with Gasteiger partial charge in [-0.3, -0.25) is 0 Å².